The number of hydrogen-bond acceptors (Lipinski definition) is 2. The predicted octanol–water partition coefficient (Wildman–Crippen LogP) is 6.56. The third-order valence-corrected chi connectivity index (χ3v) is 4.98. The molecule has 0 fully saturated rings. The first-order valence-electron chi connectivity index (χ1n) is 11.0. The number of carboxylic acid groups (broad SMARTS) is 1. The Kier molecular flexibility index (Phi) is 26.6. The average Bonchev–Trinajstić information content (AvgIpc) is 2.56. The molecular weight excluding hydrogens is 404 g/mol. The molecule has 0 aromatic rings. The second-order valence-corrected chi connectivity index (χ2v) is 7.49. The number of hydrogen-bond donors (Lipinski definition) is 0. The fourth-order valence-electron chi connectivity index (χ4n) is 3.35. The SMILES string of the molecule is CCCCCCCCCCCCCCCCCCCCCC(=O)[O-].[Ag+]. The molecule has 0 aromatic carbocycles. The van der Waals surface area contributed by atoms with Gasteiger partial charge in [-0.3, -0.25) is 0 Å². The van der Waals surface area contributed by atoms with Crippen LogP contribution < -0.4 is 5.11 Å². The van der Waals surface area contributed by atoms with E-state index in [9.17, 15) is 9.90 Å². The predicted molar refractivity (Wildman–Crippen MR) is 103 cm³/mol. The van der Waals surface area contributed by atoms with Crippen molar-refractivity contribution in [2.75, 3.05) is 0 Å². The Hall–Kier alpha value is 0.210. The molecule has 0 saturated heterocycles. The standard InChI is InChI=1S/C22H44O2.Ag/c1-2-3-4-5-6-7-8-9-10-11-12-13-14-15-16-17-18-19-20-21-22(23)24;/h2-21H2,1H3,(H,23,24);/q;+1/p-1. The number of rotatable bonds is 20. The third-order valence-electron chi connectivity index (χ3n) is 4.98. The molecule has 0 N–H and O–H groups in total. The zero-order chi connectivity index (χ0) is 17.7. The minimum absolute atomic E-state index is 0. The Morgan fingerprint density at radius 1 is 0.520 bits per heavy atom. The molecule has 154 valence electrons. The van der Waals surface area contributed by atoms with Crippen molar-refractivity contribution in [2.24, 2.45) is 0 Å². The van der Waals surface area contributed by atoms with Crippen molar-refractivity contribution in [2.45, 2.75) is 135 Å². The van der Waals surface area contributed by atoms with Crippen LogP contribution >= 0.6 is 0 Å². The molecule has 0 aromatic heterocycles. The summed E-state index contributed by atoms with van der Waals surface area (Å²) in [7, 11) is 0. The summed E-state index contributed by atoms with van der Waals surface area (Å²) < 4.78 is 0. The molecule has 0 unspecified atom stereocenters. The topological polar surface area (TPSA) is 40.1 Å². The van der Waals surface area contributed by atoms with Crippen LogP contribution in [0.25, 0.3) is 0 Å². The Balaban J connectivity index is 0. The van der Waals surface area contributed by atoms with E-state index in [-0.39, 0.29) is 28.8 Å². The summed E-state index contributed by atoms with van der Waals surface area (Å²) in [5.41, 5.74) is 0. The molecule has 3 heteroatoms. The third kappa shape index (κ3) is 26.5. The van der Waals surface area contributed by atoms with Gasteiger partial charge in [-0.15, -0.1) is 0 Å². The summed E-state index contributed by atoms with van der Waals surface area (Å²) in [6.07, 6.45) is 25.7. The fourth-order valence-corrected chi connectivity index (χ4v) is 3.35. The minimum Gasteiger partial charge on any atom is -0.550 e. The molecule has 0 atom stereocenters. The van der Waals surface area contributed by atoms with Crippen LogP contribution in [0.2, 0.25) is 0 Å². The normalized spacial score (nSPS) is 10.6. The molecule has 0 spiro atoms. The van der Waals surface area contributed by atoms with E-state index in [1.807, 2.05) is 0 Å². The van der Waals surface area contributed by atoms with E-state index < -0.39 is 5.97 Å². The van der Waals surface area contributed by atoms with Crippen LogP contribution in [-0.4, -0.2) is 5.97 Å². The van der Waals surface area contributed by atoms with E-state index in [2.05, 4.69) is 6.92 Å². The van der Waals surface area contributed by atoms with Gasteiger partial charge in [-0.25, -0.2) is 0 Å². The largest absolute Gasteiger partial charge is 1.00 e. The molecule has 25 heavy (non-hydrogen) atoms. The van der Waals surface area contributed by atoms with Crippen LogP contribution in [0.3, 0.4) is 0 Å². The van der Waals surface area contributed by atoms with E-state index in [1.165, 1.54) is 109 Å². The van der Waals surface area contributed by atoms with Crippen molar-refractivity contribution >= 4 is 5.97 Å². The van der Waals surface area contributed by atoms with Crippen molar-refractivity contribution in [3.8, 4) is 0 Å². The maximum absolute atomic E-state index is 10.3. The Morgan fingerprint density at radius 3 is 1.00 bits per heavy atom. The molecule has 0 aliphatic heterocycles. The number of unbranched alkanes of at least 4 members (excludes halogenated alkanes) is 18. The molecule has 0 bridgehead atoms. The summed E-state index contributed by atoms with van der Waals surface area (Å²) in [5, 5.41) is 10.3. The summed E-state index contributed by atoms with van der Waals surface area (Å²) in [5.74, 6) is -0.901. The summed E-state index contributed by atoms with van der Waals surface area (Å²) in [6, 6.07) is 0. The molecule has 0 amide bonds. The summed E-state index contributed by atoms with van der Waals surface area (Å²) in [4.78, 5) is 10.3. The first-order chi connectivity index (χ1) is 11.8. The first kappa shape index (κ1) is 27.4. The Morgan fingerprint density at radius 2 is 0.760 bits per heavy atom. The van der Waals surface area contributed by atoms with Crippen LogP contribution in [0.1, 0.15) is 135 Å². The van der Waals surface area contributed by atoms with Gasteiger partial charge in [0.25, 0.3) is 0 Å². The van der Waals surface area contributed by atoms with Crippen molar-refractivity contribution in [1.82, 2.24) is 0 Å². The first-order valence-corrected chi connectivity index (χ1v) is 11.0. The number of aliphatic carboxylic acids is 1. The van der Waals surface area contributed by atoms with Crippen LogP contribution in [0.15, 0.2) is 0 Å². The monoisotopic (exact) mass is 446 g/mol. The van der Waals surface area contributed by atoms with Crippen molar-refractivity contribution in [3.63, 3.8) is 0 Å². The van der Waals surface area contributed by atoms with E-state index in [1.54, 1.807) is 0 Å². The van der Waals surface area contributed by atoms with Crippen LogP contribution in [0, 0.1) is 0 Å². The van der Waals surface area contributed by atoms with Gasteiger partial charge in [-0.2, -0.15) is 0 Å². The molecule has 0 radical (unpaired) electrons. The maximum atomic E-state index is 10.3. The van der Waals surface area contributed by atoms with E-state index in [0.717, 1.165) is 12.8 Å². The number of carboxylic acids is 1. The van der Waals surface area contributed by atoms with Crippen molar-refractivity contribution in [3.05, 3.63) is 0 Å². The summed E-state index contributed by atoms with van der Waals surface area (Å²) >= 11 is 0. The number of carbonyl (C=O) groups excluding carboxylic acids is 1. The van der Waals surface area contributed by atoms with Gasteiger partial charge >= 0.3 is 22.4 Å². The Bertz CT molecular complexity index is 256. The van der Waals surface area contributed by atoms with E-state index in [0.29, 0.717) is 0 Å². The van der Waals surface area contributed by atoms with Gasteiger partial charge in [0.2, 0.25) is 0 Å². The quantitative estimate of drug-likeness (QED) is 0.157. The molecule has 0 saturated carbocycles. The van der Waals surface area contributed by atoms with Gasteiger partial charge in [-0.05, 0) is 12.8 Å². The van der Waals surface area contributed by atoms with Crippen LogP contribution in [0.4, 0.5) is 0 Å². The van der Waals surface area contributed by atoms with E-state index in [4.69, 9.17) is 0 Å². The maximum Gasteiger partial charge on any atom is 1.00 e. The molecule has 0 heterocycles. The minimum atomic E-state index is -0.901. The van der Waals surface area contributed by atoms with Gasteiger partial charge < -0.3 is 9.90 Å². The van der Waals surface area contributed by atoms with Crippen LogP contribution in [0.5, 0.6) is 0 Å². The van der Waals surface area contributed by atoms with Crippen molar-refractivity contribution < 1.29 is 32.3 Å². The van der Waals surface area contributed by atoms with Gasteiger partial charge in [0.05, 0.1) is 0 Å². The van der Waals surface area contributed by atoms with Crippen LogP contribution in [-0.2, 0) is 27.2 Å². The van der Waals surface area contributed by atoms with Gasteiger partial charge in [0.1, 0.15) is 0 Å². The zero-order valence-electron chi connectivity index (χ0n) is 16.8. The summed E-state index contributed by atoms with van der Waals surface area (Å²) in [6.45, 7) is 2.28. The molecule has 2 nitrogen and oxygen atoms in total. The molecular formula is C22H43AgO2. The van der Waals surface area contributed by atoms with E-state index >= 15 is 0 Å². The molecule has 0 aliphatic carbocycles. The molecule has 0 rings (SSSR count). The second kappa shape index (κ2) is 24.2. The second-order valence-electron chi connectivity index (χ2n) is 7.49. The van der Waals surface area contributed by atoms with Gasteiger partial charge in [-0.1, -0.05) is 122 Å². The average molecular weight is 447 g/mol. The smallest absolute Gasteiger partial charge is 0.550 e. The van der Waals surface area contributed by atoms with Crippen molar-refractivity contribution in [1.29, 1.82) is 0 Å². The van der Waals surface area contributed by atoms with Gasteiger partial charge in [0, 0.05) is 5.97 Å². The fraction of sp³-hybridized carbons (Fsp3) is 0.955. The van der Waals surface area contributed by atoms with Gasteiger partial charge in [0.15, 0.2) is 0 Å². The Labute approximate surface area is 173 Å². The zero-order valence-corrected chi connectivity index (χ0v) is 18.2. The molecule has 0 aliphatic rings. The number of carbonyl (C=O) groups is 1.